The summed E-state index contributed by atoms with van der Waals surface area (Å²) in [4.78, 5) is 14.8. The smallest absolute Gasteiger partial charge is 0.693 e. The zero-order valence-corrected chi connectivity index (χ0v) is 17.7. The number of hydrogen-bond acceptors (Lipinski definition) is 3. The van der Waals surface area contributed by atoms with E-state index >= 15 is 0 Å². The van der Waals surface area contributed by atoms with Crippen LogP contribution in [0.1, 0.15) is 12.1 Å². The van der Waals surface area contributed by atoms with E-state index in [0.717, 1.165) is 4.47 Å². The topological polar surface area (TPSA) is 72.7 Å². The van der Waals surface area contributed by atoms with Crippen LogP contribution in [0.5, 0.6) is 0 Å². The zero-order chi connectivity index (χ0) is 10.6. The van der Waals surface area contributed by atoms with Gasteiger partial charge in [-0.3, -0.25) is 9.78 Å². The Bertz CT molecular complexity index is 332. The van der Waals surface area contributed by atoms with Crippen molar-refractivity contribution in [2.24, 2.45) is 0 Å². The number of carbonyl (C=O) groups is 1. The summed E-state index contributed by atoms with van der Waals surface area (Å²) in [6.07, 6.45) is 1.85. The molecule has 0 radical (unpaired) electrons. The van der Waals surface area contributed by atoms with E-state index in [-0.39, 0.29) is 87.4 Å². The summed E-state index contributed by atoms with van der Waals surface area (Å²) in [7, 11) is 1.34. The maximum Gasteiger partial charge on any atom is 1.00 e. The van der Waals surface area contributed by atoms with Crippen molar-refractivity contribution >= 4 is 33.5 Å². The fourth-order valence-corrected chi connectivity index (χ4v) is 1.66. The standard InChI is InChI=1S/C9H8BrClNO2.Cs.H2N/c1-14-9(13)3-2-7-4-6(10)5-8(11)12-7;;/h2,4-5H,3H2,1H3;;1H2/q-1;+1;-1. The quantitative estimate of drug-likeness (QED) is 0.397. The first-order valence-corrected chi connectivity index (χ1v) is 5.02. The molecule has 84 valence electrons. The van der Waals surface area contributed by atoms with Crippen molar-refractivity contribution in [3.8, 4) is 0 Å². The molecule has 16 heavy (non-hydrogen) atoms. The minimum atomic E-state index is -0.303. The summed E-state index contributed by atoms with van der Waals surface area (Å²) in [6, 6.07) is 3.45. The van der Waals surface area contributed by atoms with Gasteiger partial charge >= 0.3 is 68.9 Å². The number of aromatic nitrogens is 1. The van der Waals surface area contributed by atoms with Gasteiger partial charge in [-0.25, -0.2) is 0 Å². The second-order valence-corrected chi connectivity index (χ2v) is 3.82. The number of pyridine rings is 1. The summed E-state index contributed by atoms with van der Waals surface area (Å²) < 4.78 is 5.32. The molecule has 0 aliphatic heterocycles. The Morgan fingerprint density at radius 3 is 2.75 bits per heavy atom. The van der Waals surface area contributed by atoms with E-state index in [2.05, 4.69) is 25.7 Å². The van der Waals surface area contributed by atoms with Gasteiger partial charge in [-0.05, 0) is 12.5 Å². The van der Waals surface area contributed by atoms with Crippen molar-refractivity contribution in [3.05, 3.63) is 40.0 Å². The molecule has 0 aromatic carbocycles. The van der Waals surface area contributed by atoms with Crippen LogP contribution in [0.3, 0.4) is 0 Å². The van der Waals surface area contributed by atoms with Gasteiger partial charge in [-0.1, -0.05) is 37.7 Å². The fourth-order valence-electron chi connectivity index (χ4n) is 0.860. The van der Waals surface area contributed by atoms with Gasteiger partial charge in [0.1, 0.15) is 5.15 Å². The Morgan fingerprint density at radius 2 is 2.25 bits per heavy atom. The van der Waals surface area contributed by atoms with E-state index in [1.165, 1.54) is 7.11 Å². The van der Waals surface area contributed by atoms with Crippen LogP contribution < -0.4 is 68.9 Å². The Labute approximate surface area is 167 Å². The normalized spacial score (nSPS) is 8.44. The number of nitrogens with two attached hydrogens (primary N) is 1. The van der Waals surface area contributed by atoms with E-state index in [0.29, 0.717) is 10.8 Å². The minimum Gasteiger partial charge on any atom is -0.693 e. The van der Waals surface area contributed by atoms with Gasteiger partial charge in [-0.15, -0.1) is 0 Å². The molecule has 0 bridgehead atoms. The van der Waals surface area contributed by atoms with Crippen LogP contribution in [0.4, 0.5) is 0 Å². The molecule has 0 atom stereocenters. The molecule has 0 unspecified atom stereocenters. The third kappa shape index (κ3) is 7.57. The molecule has 1 rings (SSSR count). The van der Waals surface area contributed by atoms with Crippen LogP contribution >= 0.6 is 27.5 Å². The van der Waals surface area contributed by atoms with E-state index < -0.39 is 0 Å². The molecule has 2 N–H and O–H groups in total. The molecule has 0 fully saturated rings. The number of halogens is 2. The summed E-state index contributed by atoms with van der Waals surface area (Å²) in [6.45, 7) is 0. The van der Waals surface area contributed by atoms with E-state index in [1.54, 1.807) is 18.6 Å². The summed E-state index contributed by atoms with van der Waals surface area (Å²) in [5, 5.41) is 0.385. The van der Waals surface area contributed by atoms with Crippen LogP contribution in [0.25, 0.3) is 6.15 Å². The summed E-state index contributed by atoms with van der Waals surface area (Å²) in [5.74, 6) is -0.303. The predicted molar refractivity (Wildman–Crippen MR) is 62.3 cm³/mol. The number of methoxy groups -OCH3 is 1. The first kappa shape index (κ1) is 19.6. The Balaban J connectivity index is 0. The first-order valence-electron chi connectivity index (χ1n) is 3.85. The third-order valence-electron chi connectivity index (χ3n) is 1.48. The molecule has 1 aromatic rings. The van der Waals surface area contributed by atoms with Gasteiger partial charge in [0.05, 0.1) is 7.11 Å². The van der Waals surface area contributed by atoms with Gasteiger partial charge in [0.15, 0.2) is 0 Å². The second kappa shape index (κ2) is 10.2. The van der Waals surface area contributed by atoms with Gasteiger partial charge < -0.3 is 10.9 Å². The maximum absolute atomic E-state index is 10.8. The molecule has 7 heteroatoms. The monoisotopic (exact) mass is 425 g/mol. The van der Waals surface area contributed by atoms with Crippen molar-refractivity contribution < 1.29 is 78.4 Å². The summed E-state index contributed by atoms with van der Waals surface area (Å²) in [5.41, 5.74) is 0.648. The Hall–Kier alpha value is 1.27. The Morgan fingerprint density at radius 1 is 1.62 bits per heavy atom. The molecule has 0 amide bonds. The van der Waals surface area contributed by atoms with Crippen LogP contribution in [-0.2, 0) is 9.53 Å². The number of carbonyl (C=O) groups excluding carboxylic acids is 1. The molecular weight excluding hydrogens is 416 g/mol. The largest absolute Gasteiger partial charge is 1.00 e. The molecule has 0 aliphatic carbocycles. The van der Waals surface area contributed by atoms with Crippen LogP contribution in [0.15, 0.2) is 16.6 Å². The first-order chi connectivity index (χ1) is 6.61. The van der Waals surface area contributed by atoms with E-state index in [9.17, 15) is 4.79 Å². The van der Waals surface area contributed by atoms with Crippen molar-refractivity contribution in [3.63, 3.8) is 0 Å². The van der Waals surface area contributed by atoms with Crippen molar-refractivity contribution in [1.29, 1.82) is 0 Å². The molecular formula is C9H10BrClCsN2O2-. The summed E-state index contributed by atoms with van der Waals surface area (Å²) >= 11 is 9.00. The zero-order valence-electron chi connectivity index (χ0n) is 9.04. The van der Waals surface area contributed by atoms with Crippen molar-refractivity contribution in [2.45, 2.75) is 6.42 Å². The SMILES string of the molecule is COC(=O)C[CH-]c1cc(Br)cc(Cl)n1.[Cs+].[NH2-]. The van der Waals surface area contributed by atoms with E-state index in [1.807, 2.05) is 0 Å². The number of hydrogen-bond donors (Lipinski definition) is 0. The van der Waals surface area contributed by atoms with Gasteiger partial charge in [-0.2, -0.15) is 12.5 Å². The molecule has 0 saturated heterocycles. The number of ether oxygens (including phenoxy) is 1. The molecule has 0 saturated carbocycles. The maximum atomic E-state index is 10.8. The van der Waals surface area contributed by atoms with Crippen LogP contribution in [0.2, 0.25) is 5.15 Å². The van der Waals surface area contributed by atoms with Gasteiger partial charge in [0, 0.05) is 0 Å². The van der Waals surface area contributed by atoms with Gasteiger partial charge in [0.25, 0.3) is 5.97 Å². The molecule has 1 aromatic heterocycles. The molecule has 1 heterocycles. The van der Waals surface area contributed by atoms with Crippen molar-refractivity contribution in [2.75, 3.05) is 7.11 Å². The van der Waals surface area contributed by atoms with E-state index in [4.69, 9.17) is 11.6 Å². The molecule has 4 nitrogen and oxygen atoms in total. The average molecular weight is 426 g/mol. The van der Waals surface area contributed by atoms with Crippen LogP contribution in [0, 0.1) is 6.42 Å². The minimum absolute atomic E-state index is 0. The average Bonchev–Trinajstić information content (AvgIpc) is 2.12. The van der Waals surface area contributed by atoms with Crippen molar-refractivity contribution in [1.82, 2.24) is 4.98 Å². The molecule has 0 spiro atoms. The second-order valence-electron chi connectivity index (χ2n) is 2.52. The van der Waals surface area contributed by atoms with Crippen LogP contribution in [-0.4, -0.2) is 18.1 Å². The molecule has 0 aliphatic rings. The predicted octanol–water partition coefficient (Wildman–Crippen LogP) is 0.334. The van der Waals surface area contributed by atoms with Gasteiger partial charge in [0.2, 0.25) is 0 Å². The number of esters is 1. The Kier molecular flexibility index (Phi) is 12.5. The fraction of sp³-hybridized carbons (Fsp3) is 0.222. The number of nitrogens with zero attached hydrogens (tertiary/aromatic N) is 1. The number of rotatable bonds is 3. The third-order valence-corrected chi connectivity index (χ3v) is 2.14.